The van der Waals surface area contributed by atoms with Crippen LogP contribution in [-0.4, -0.2) is 33.5 Å². The van der Waals surface area contributed by atoms with Crippen LogP contribution >= 0.6 is 0 Å². The molecule has 0 spiro atoms. The zero-order valence-electron chi connectivity index (χ0n) is 9.76. The topological polar surface area (TPSA) is 53.4 Å². The molecule has 0 aromatic carbocycles. The molecule has 0 radical (unpaired) electrons. The van der Waals surface area contributed by atoms with Crippen molar-refractivity contribution in [2.24, 2.45) is 0 Å². The first kappa shape index (κ1) is 12.6. The van der Waals surface area contributed by atoms with Gasteiger partial charge < -0.3 is 5.11 Å². The number of carboxylic acid groups (broad SMARTS) is 1. The van der Waals surface area contributed by atoms with Crippen molar-refractivity contribution in [3.63, 3.8) is 0 Å². The van der Waals surface area contributed by atoms with Gasteiger partial charge in [0.25, 0.3) is 0 Å². The molecule has 0 fully saturated rings. The standard InChI is InChI=1S/C12H18N2O2/c1-3-11(12(15)16)14(4-2)9-10-5-7-13-8-6-10/h5-8,11H,3-4,9H2,1-2H3,(H,15,16). The monoisotopic (exact) mass is 222 g/mol. The Labute approximate surface area is 95.9 Å². The molecule has 4 heteroatoms. The second-order valence-corrected chi connectivity index (χ2v) is 3.68. The van der Waals surface area contributed by atoms with Gasteiger partial charge in [-0.3, -0.25) is 14.7 Å². The minimum atomic E-state index is -0.751. The van der Waals surface area contributed by atoms with Gasteiger partial charge in [-0.1, -0.05) is 13.8 Å². The zero-order chi connectivity index (χ0) is 12.0. The van der Waals surface area contributed by atoms with Gasteiger partial charge >= 0.3 is 5.97 Å². The zero-order valence-corrected chi connectivity index (χ0v) is 9.76. The van der Waals surface area contributed by atoms with E-state index in [9.17, 15) is 4.79 Å². The van der Waals surface area contributed by atoms with Crippen LogP contribution in [0.25, 0.3) is 0 Å². The highest BCUT2D eigenvalue weighted by Crippen LogP contribution is 2.10. The fraction of sp³-hybridized carbons (Fsp3) is 0.500. The van der Waals surface area contributed by atoms with E-state index >= 15 is 0 Å². The number of carbonyl (C=O) groups is 1. The lowest BCUT2D eigenvalue weighted by molar-refractivity contribution is -0.143. The van der Waals surface area contributed by atoms with Gasteiger partial charge in [-0.25, -0.2) is 0 Å². The van der Waals surface area contributed by atoms with Crippen LogP contribution in [0.3, 0.4) is 0 Å². The summed E-state index contributed by atoms with van der Waals surface area (Å²) in [6.45, 7) is 5.26. The normalized spacial score (nSPS) is 12.7. The highest BCUT2D eigenvalue weighted by atomic mass is 16.4. The Kier molecular flexibility index (Phi) is 4.92. The van der Waals surface area contributed by atoms with Gasteiger partial charge in [-0.15, -0.1) is 0 Å². The molecule has 0 aliphatic carbocycles. The van der Waals surface area contributed by atoms with E-state index < -0.39 is 12.0 Å². The van der Waals surface area contributed by atoms with Crippen molar-refractivity contribution >= 4 is 5.97 Å². The largest absolute Gasteiger partial charge is 0.480 e. The Morgan fingerprint density at radius 2 is 2.06 bits per heavy atom. The lowest BCUT2D eigenvalue weighted by Crippen LogP contribution is -2.40. The van der Waals surface area contributed by atoms with E-state index in [1.54, 1.807) is 12.4 Å². The SMILES string of the molecule is CCC(C(=O)O)N(CC)Cc1ccncc1. The van der Waals surface area contributed by atoms with Crippen LogP contribution in [0.2, 0.25) is 0 Å². The molecule has 1 aromatic heterocycles. The van der Waals surface area contributed by atoms with Gasteiger partial charge in [0.2, 0.25) is 0 Å². The van der Waals surface area contributed by atoms with Crippen molar-refractivity contribution in [3.05, 3.63) is 30.1 Å². The predicted octanol–water partition coefficient (Wildman–Crippen LogP) is 1.77. The third-order valence-corrected chi connectivity index (χ3v) is 2.65. The molecule has 88 valence electrons. The smallest absolute Gasteiger partial charge is 0.320 e. The molecule has 1 heterocycles. The van der Waals surface area contributed by atoms with E-state index in [2.05, 4.69) is 4.98 Å². The summed E-state index contributed by atoms with van der Waals surface area (Å²) in [7, 11) is 0. The number of likely N-dealkylation sites (N-methyl/N-ethyl adjacent to an activating group) is 1. The van der Waals surface area contributed by atoms with E-state index in [0.717, 1.165) is 12.1 Å². The van der Waals surface area contributed by atoms with Crippen LogP contribution in [0.5, 0.6) is 0 Å². The van der Waals surface area contributed by atoms with Gasteiger partial charge in [0.15, 0.2) is 0 Å². The summed E-state index contributed by atoms with van der Waals surface area (Å²) < 4.78 is 0. The van der Waals surface area contributed by atoms with E-state index in [1.165, 1.54) is 0 Å². The van der Waals surface area contributed by atoms with Crippen molar-refractivity contribution in [1.82, 2.24) is 9.88 Å². The summed E-state index contributed by atoms with van der Waals surface area (Å²) in [5.74, 6) is -0.751. The summed E-state index contributed by atoms with van der Waals surface area (Å²) in [6, 6.07) is 3.42. The molecule has 1 atom stereocenters. The Hall–Kier alpha value is -1.42. The van der Waals surface area contributed by atoms with Crippen molar-refractivity contribution in [2.75, 3.05) is 6.54 Å². The lowest BCUT2D eigenvalue weighted by atomic mass is 10.1. The first-order valence-electron chi connectivity index (χ1n) is 5.54. The van der Waals surface area contributed by atoms with E-state index in [-0.39, 0.29) is 0 Å². The summed E-state index contributed by atoms with van der Waals surface area (Å²) in [5.41, 5.74) is 1.09. The number of hydrogen-bond acceptors (Lipinski definition) is 3. The Bertz CT molecular complexity index is 327. The molecule has 0 amide bonds. The average molecular weight is 222 g/mol. The minimum Gasteiger partial charge on any atom is -0.480 e. The Morgan fingerprint density at radius 1 is 1.44 bits per heavy atom. The Morgan fingerprint density at radius 3 is 2.50 bits per heavy atom. The van der Waals surface area contributed by atoms with Crippen LogP contribution in [-0.2, 0) is 11.3 Å². The van der Waals surface area contributed by atoms with E-state index in [1.807, 2.05) is 30.9 Å². The van der Waals surface area contributed by atoms with Crippen LogP contribution in [0.1, 0.15) is 25.8 Å². The predicted molar refractivity (Wildman–Crippen MR) is 62.0 cm³/mol. The van der Waals surface area contributed by atoms with Crippen molar-refractivity contribution in [3.8, 4) is 0 Å². The van der Waals surface area contributed by atoms with Gasteiger partial charge in [-0.05, 0) is 30.7 Å². The molecule has 1 aromatic rings. The summed E-state index contributed by atoms with van der Waals surface area (Å²) >= 11 is 0. The molecule has 0 saturated heterocycles. The second-order valence-electron chi connectivity index (χ2n) is 3.68. The third kappa shape index (κ3) is 3.31. The van der Waals surface area contributed by atoms with Crippen molar-refractivity contribution in [1.29, 1.82) is 0 Å². The maximum Gasteiger partial charge on any atom is 0.320 e. The maximum atomic E-state index is 11.1. The number of pyridine rings is 1. The average Bonchev–Trinajstić information content (AvgIpc) is 2.29. The minimum absolute atomic E-state index is 0.404. The van der Waals surface area contributed by atoms with Gasteiger partial charge in [-0.2, -0.15) is 0 Å². The quantitative estimate of drug-likeness (QED) is 0.797. The van der Waals surface area contributed by atoms with E-state index in [0.29, 0.717) is 13.0 Å². The number of aromatic nitrogens is 1. The van der Waals surface area contributed by atoms with Crippen LogP contribution in [0.4, 0.5) is 0 Å². The van der Waals surface area contributed by atoms with Crippen molar-refractivity contribution < 1.29 is 9.90 Å². The number of rotatable bonds is 6. The summed E-state index contributed by atoms with van der Waals surface area (Å²) in [6.07, 6.45) is 4.07. The van der Waals surface area contributed by atoms with Gasteiger partial charge in [0, 0.05) is 18.9 Å². The first-order chi connectivity index (χ1) is 7.69. The molecule has 1 rings (SSSR count). The summed E-state index contributed by atoms with van der Waals surface area (Å²) in [4.78, 5) is 17.0. The van der Waals surface area contributed by atoms with Gasteiger partial charge in [0.1, 0.15) is 6.04 Å². The molecule has 0 aliphatic rings. The highest BCUT2D eigenvalue weighted by Gasteiger charge is 2.22. The molecular formula is C12H18N2O2. The molecule has 0 saturated carbocycles. The van der Waals surface area contributed by atoms with Crippen LogP contribution in [0, 0.1) is 0 Å². The highest BCUT2D eigenvalue weighted by molar-refractivity contribution is 5.73. The van der Waals surface area contributed by atoms with Gasteiger partial charge in [0.05, 0.1) is 0 Å². The number of nitrogens with zero attached hydrogens (tertiary/aromatic N) is 2. The van der Waals surface area contributed by atoms with E-state index in [4.69, 9.17) is 5.11 Å². The lowest BCUT2D eigenvalue weighted by Gasteiger charge is -2.26. The first-order valence-corrected chi connectivity index (χ1v) is 5.54. The third-order valence-electron chi connectivity index (χ3n) is 2.65. The molecule has 1 N–H and O–H groups in total. The fourth-order valence-electron chi connectivity index (χ4n) is 1.75. The number of aliphatic carboxylic acids is 1. The maximum absolute atomic E-state index is 11.1. The second kappa shape index (κ2) is 6.23. The fourth-order valence-corrected chi connectivity index (χ4v) is 1.75. The van der Waals surface area contributed by atoms with Crippen LogP contribution < -0.4 is 0 Å². The molecule has 0 aliphatic heterocycles. The number of hydrogen-bond donors (Lipinski definition) is 1. The molecule has 0 bridgehead atoms. The van der Waals surface area contributed by atoms with Crippen LogP contribution in [0.15, 0.2) is 24.5 Å². The molecular weight excluding hydrogens is 204 g/mol. The van der Waals surface area contributed by atoms with Crippen molar-refractivity contribution in [2.45, 2.75) is 32.9 Å². The summed E-state index contributed by atoms with van der Waals surface area (Å²) in [5, 5.41) is 9.10. The molecule has 1 unspecified atom stereocenters. The number of carboxylic acids is 1. The Balaban J connectivity index is 2.71. The molecule has 4 nitrogen and oxygen atoms in total. The molecule has 16 heavy (non-hydrogen) atoms.